The lowest BCUT2D eigenvalue weighted by Crippen LogP contribution is -2.09. The quantitative estimate of drug-likeness (QED) is 0.883. The van der Waals surface area contributed by atoms with E-state index in [1.807, 2.05) is 0 Å². The lowest BCUT2D eigenvalue weighted by Gasteiger charge is -2.12. The first-order chi connectivity index (χ1) is 9.79. The van der Waals surface area contributed by atoms with Gasteiger partial charge in [-0.2, -0.15) is 0 Å². The van der Waals surface area contributed by atoms with E-state index in [-0.39, 0.29) is 22.1 Å². The minimum absolute atomic E-state index is 0.0602. The van der Waals surface area contributed by atoms with E-state index in [0.717, 1.165) is 12.3 Å². The summed E-state index contributed by atoms with van der Waals surface area (Å²) in [5.41, 5.74) is 0.620. The Balaban J connectivity index is 2.59. The Hall–Kier alpha value is -2.48. The molecular weight excluding hydrogens is 294 g/mol. The zero-order chi connectivity index (χ0) is 15.6. The van der Waals surface area contributed by atoms with Crippen LogP contribution in [-0.2, 0) is 9.84 Å². The van der Waals surface area contributed by atoms with Crippen molar-refractivity contribution in [2.75, 3.05) is 11.6 Å². The average molecular weight is 307 g/mol. The van der Waals surface area contributed by atoms with Gasteiger partial charge in [0.05, 0.1) is 16.1 Å². The number of carboxylic acid groups (broad SMARTS) is 1. The number of nitrogens with zero attached hydrogens (tertiary/aromatic N) is 2. The first-order valence-electron chi connectivity index (χ1n) is 5.91. The van der Waals surface area contributed by atoms with Gasteiger partial charge < -0.3 is 10.4 Å². The molecule has 1 aromatic heterocycles. The second kappa shape index (κ2) is 5.49. The number of sulfone groups is 1. The van der Waals surface area contributed by atoms with Crippen molar-refractivity contribution in [3.05, 3.63) is 41.7 Å². The number of nitrogens with one attached hydrogen (secondary N) is 1. The van der Waals surface area contributed by atoms with Crippen molar-refractivity contribution in [3.63, 3.8) is 0 Å². The summed E-state index contributed by atoms with van der Waals surface area (Å²) in [5, 5.41) is 11.9. The highest BCUT2D eigenvalue weighted by atomic mass is 32.2. The number of carboxylic acids is 1. The Morgan fingerprint density at radius 3 is 2.38 bits per heavy atom. The predicted octanol–water partition coefficient (Wildman–Crippen LogP) is 1.63. The molecule has 0 unspecified atom stereocenters. The molecule has 1 heterocycles. The standard InChI is InChI=1S/C13H13N3O4S/c1-8-6-10(16-13-14-4-3-5-15-13)11(21(2,19)20)7-9(8)12(17)18/h3-7H,1-2H3,(H,17,18)(H,14,15,16). The first-order valence-corrected chi connectivity index (χ1v) is 7.80. The van der Waals surface area contributed by atoms with Crippen molar-refractivity contribution in [2.45, 2.75) is 11.8 Å². The summed E-state index contributed by atoms with van der Waals surface area (Å²) >= 11 is 0. The summed E-state index contributed by atoms with van der Waals surface area (Å²) in [6.45, 7) is 1.59. The van der Waals surface area contributed by atoms with E-state index in [9.17, 15) is 13.2 Å². The topological polar surface area (TPSA) is 109 Å². The van der Waals surface area contributed by atoms with E-state index in [0.29, 0.717) is 5.56 Å². The molecular formula is C13H13N3O4S. The zero-order valence-electron chi connectivity index (χ0n) is 11.4. The Kier molecular flexibility index (Phi) is 3.90. The molecule has 0 aliphatic rings. The highest BCUT2D eigenvalue weighted by Gasteiger charge is 2.19. The monoisotopic (exact) mass is 307 g/mol. The molecule has 0 radical (unpaired) electrons. The maximum Gasteiger partial charge on any atom is 0.335 e. The van der Waals surface area contributed by atoms with Crippen LogP contribution in [0.1, 0.15) is 15.9 Å². The fraction of sp³-hybridized carbons (Fsp3) is 0.154. The van der Waals surface area contributed by atoms with Gasteiger partial charge >= 0.3 is 5.97 Å². The van der Waals surface area contributed by atoms with Crippen LogP contribution in [0.25, 0.3) is 0 Å². The number of benzene rings is 1. The zero-order valence-corrected chi connectivity index (χ0v) is 12.2. The molecule has 0 saturated carbocycles. The normalized spacial score (nSPS) is 11.1. The number of aromatic nitrogens is 2. The summed E-state index contributed by atoms with van der Waals surface area (Å²) in [6.07, 6.45) is 4.03. The molecule has 2 N–H and O–H groups in total. The smallest absolute Gasteiger partial charge is 0.335 e. The number of hydrogen-bond donors (Lipinski definition) is 2. The summed E-state index contributed by atoms with van der Waals surface area (Å²) in [5.74, 6) is -0.954. The van der Waals surface area contributed by atoms with E-state index in [4.69, 9.17) is 5.11 Å². The molecule has 0 atom stereocenters. The van der Waals surface area contributed by atoms with E-state index >= 15 is 0 Å². The molecule has 0 fully saturated rings. The van der Waals surface area contributed by atoms with Crippen molar-refractivity contribution >= 4 is 27.4 Å². The molecule has 2 aromatic rings. The van der Waals surface area contributed by atoms with Crippen molar-refractivity contribution in [1.29, 1.82) is 0 Å². The molecule has 0 saturated heterocycles. The lowest BCUT2D eigenvalue weighted by molar-refractivity contribution is 0.0696. The fourth-order valence-electron chi connectivity index (χ4n) is 1.81. The third kappa shape index (κ3) is 3.34. The molecule has 21 heavy (non-hydrogen) atoms. The molecule has 8 heteroatoms. The van der Waals surface area contributed by atoms with Crippen molar-refractivity contribution in [1.82, 2.24) is 9.97 Å². The highest BCUT2D eigenvalue weighted by molar-refractivity contribution is 7.90. The lowest BCUT2D eigenvalue weighted by atomic mass is 10.1. The van der Waals surface area contributed by atoms with Gasteiger partial charge in [0, 0.05) is 18.6 Å². The van der Waals surface area contributed by atoms with E-state index < -0.39 is 15.8 Å². The molecule has 0 amide bonds. The Bertz CT molecular complexity index is 789. The van der Waals surface area contributed by atoms with Crippen LogP contribution >= 0.6 is 0 Å². The third-order valence-corrected chi connectivity index (χ3v) is 3.91. The van der Waals surface area contributed by atoms with Gasteiger partial charge in [0.25, 0.3) is 0 Å². The number of hydrogen-bond acceptors (Lipinski definition) is 6. The molecule has 110 valence electrons. The summed E-state index contributed by atoms with van der Waals surface area (Å²) in [6, 6.07) is 4.22. The number of anilines is 2. The van der Waals surface area contributed by atoms with Crippen molar-refractivity contribution in [2.24, 2.45) is 0 Å². The molecule has 0 aliphatic carbocycles. The minimum Gasteiger partial charge on any atom is -0.478 e. The third-order valence-electron chi connectivity index (χ3n) is 2.77. The van der Waals surface area contributed by atoms with Gasteiger partial charge in [0.2, 0.25) is 5.95 Å². The van der Waals surface area contributed by atoms with E-state index in [2.05, 4.69) is 15.3 Å². The van der Waals surface area contributed by atoms with Gasteiger partial charge in [-0.3, -0.25) is 0 Å². The van der Waals surface area contributed by atoms with Gasteiger partial charge in [0.15, 0.2) is 9.84 Å². The molecule has 1 aromatic carbocycles. The molecule has 2 rings (SSSR count). The van der Waals surface area contributed by atoms with Crippen LogP contribution in [0.3, 0.4) is 0 Å². The van der Waals surface area contributed by atoms with Gasteiger partial charge in [0.1, 0.15) is 0 Å². The number of aromatic carboxylic acids is 1. The summed E-state index contributed by atoms with van der Waals surface area (Å²) in [4.78, 5) is 18.9. The maximum absolute atomic E-state index is 11.9. The van der Waals surface area contributed by atoms with Crippen LogP contribution < -0.4 is 5.32 Å². The van der Waals surface area contributed by atoms with Gasteiger partial charge in [-0.1, -0.05) is 0 Å². The number of carbonyl (C=O) groups is 1. The van der Waals surface area contributed by atoms with E-state index in [1.165, 1.54) is 18.5 Å². The Morgan fingerprint density at radius 2 is 1.86 bits per heavy atom. The van der Waals surface area contributed by atoms with Gasteiger partial charge in [-0.15, -0.1) is 0 Å². The number of rotatable bonds is 4. The van der Waals surface area contributed by atoms with Crippen molar-refractivity contribution < 1.29 is 18.3 Å². The summed E-state index contributed by atoms with van der Waals surface area (Å²) in [7, 11) is -3.61. The van der Waals surface area contributed by atoms with Crippen LogP contribution in [0, 0.1) is 6.92 Å². The molecule has 7 nitrogen and oxygen atoms in total. The molecule has 0 bridgehead atoms. The van der Waals surface area contributed by atoms with Crippen LogP contribution in [-0.4, -0.2) is 35.7 Å². The van der Waals surface area contributed by atoms with Crippen LogP contribution in [0.2, 0.25) is 0 Å². The average Bonchev–Trinajstić information content (AvgIpc) is 2.38. The van der Waals surface area contributed by atoms with Crippen LogP contribution in [0.4, 0.5) is 11.6 Å². The first kappa shape index (κ1) is 14.9. The molecule has 0 aliphatic heterocycles. The maximum atomic E-state index is 11.9. The number of aryl methyl sites for hydroxylation is 1. The van der Waals surface area contributed by atoms with Crippen LogP contribution in [0.5, 0.6) is 0 Å². The largest absolute Gasteiger partial charge is 0.478 e. The van der Waals surface area contributed by atoms with E-state index in [1.54, 1.807) is 13.0 Å². The predicted molar refractivity (Wildman–Crippen MR) is 76.6 cm³/mol. The van der Waals surface area contributed by atoms with Gasteiger partial charge in [-0.05, 0) is 30.7 Å². The van der Waals surface area contributed by atoms with Gasteiger partial charge in [-0.25, -0.2) is 23.2 Å². The minimum atomic E-state index is -3.61. The Labute approximate surface area is 121 Å². The highest BCUT2D eigenvalue weighted by Crippen LogP contribution is 2.27. The van der Waals surface area contributed by atoms with Crippen molar-refractivity contribution in [3.8, 4) is 0 Å². The molecule has 0 spiro atoms. The SMILES string of the molecule is Cc1cc(Nc2ncccn2)c(S(C)(=O)=O)cc1C(=O)O. The fourth-order valence-corrected chi connectivity index (χ4v) is 2.65. The Morgan fingerprint density at radius 1 is 1.24 bits per heavy atom. The second-order valence-electron chi connectivity index (χ2n) is 4.44. The summed E-state index contributed by atoms with van der Waals surface area (Å²) < 4.78 is 23.7. The second-order valence-corrected chi connectivity index (χ2v) is 6.42. The van der Waals surface area contributed by atoms with Crippen LogP contribution in [0.15, 0.2) is 35.5 Å².